The van der Waals surface area contributed by atoms with Crippen LogP contribution in [0.15, 0.2) is 16.7 Å². The van der Waals surface area contributed by atoms with Gasteiger partial charge in [-0.15, -0.1) is 0 Å². The molecule has 0 spiro atoms. The maximum Gasteiger partial charge on any atom is 0.166 e. The van der Waals surface area contributed by atoms with Crippen LogP contribution in [0.25, 0.3) is 5.82 Å². The largest absolute Gasteiger partial charge is 0.250 e. The second kappa shape index (κ2) is 3.24. The Hall–Kier alpha value is -1.10. The maximum atomic E-state index is 4.34. The second-order valence-corrected chi connectivity index (χ2v) is 4.04. The minimum absolute atomic E-state index is 0.954. The highest BCUT2D eigenvalue weighted by atomic mass is 79.9. The molecule has 0 bridgehead atoms. The summed E-state index contributed by atoms with van der Waals surface area (Å²) < 4.78 is 4.62. The number of hydrogen-bond donors (Lipinski definition) is 0. The summed E-state index contributed by atoms with van der Waals surface area (Å²) >= 11 is 3.50. The van der Waals surface area contributed by atoms with Crippen molar-refractivity contribution in [1.29, 1.82) is 0 Å². The highest BCUT2D eigenvalue weighted by Crippen LogP contribution is 2.23. The Morgan fingerprint density at radius 2 is 2.00 bits per heavy atom. The molecule has 4 nitrogen and oxygen atoms in total. The topological polar surface area (TPSA) is 35.6 Å². The molecule has 0 unspecified atom stereocenters. The fraction of sp³-hybridized carbons (Fsp3) is 0.333. The van der Waals surface area contributed by atoms with Crippen LogP contribution in [-0.4, -0.2) is 19.6 Å². The molecular formula is C9H11BrN4. The van der Waals surface area contributed by atoms with E-state index in [1.165, 1.54) is 0 Å². The van der Waals surface area contributed by atoms with Gasteiger partial charge in [0.1, 0.15) is 0 Å². The lowest BCUT2D eigenvalue weighted by Gasteiger charge is -2.01. The fourth-order valence-corrected chi connectivity index (χ4v) is 1.92. The molecule has 0 N–H and O–H groups in total. The molecule has 0 aliphatic rings. The molecule has 0 aromatic carbocycles. The molecule has 0 aliphatic carbocycles. The summed E-state index contributed by atoms with van der Waals surface area (Å²) in [5.41, 5.74) is 1.96. The molecule has 0 atom stereocenters. The number of halogens is 1. The zero-order chi connectivity index (χ0) is 10.3. The van der Waals surface area contributed by atoms with Crippen LogP contribution in [0.1, 0.15) is 11.4 Å². The second-order valence-electron chi connectivity index (χ2n) is 3.25. The molecule has 2 rings (SSSR count). The molecule has 5 heteroatoms. The summed E-state index contributed by atoms with van der Waals surface area (Å²) in [5, 5.41) is 8.65. The van der Waals surface area contributed by atoms with Gasteiger partial charge in [-0.05, 0) is 35.8 Å². The van der Waals surface area contributed by atoms with E-state index in [9.17, 15) is 0 Å². The summed E-state index contributed by atoms with van der Waals surface area (Å²) in [6, 6.07) is 1.97. The van der Waals surface area contributed by atoms with Crippen LogP contribution in [0.4, 0.5) is 0 Å². The van der Waals surface area contributed by atoms with Gasteiger partial charge in [0.05, 0.1) is 15.9 Å². The summed E-state index contributed by atoms with van der Waals surface area (Å²) in [5.74, 6) is 0.954. The van der Waals surface area contributed by atoms with Crippen LogP contribution < -0.4 is 0 Å². The molecule has 0 aliphatic heterocycles. The summed E-state index contributed by atoms with van der Waals surface area (Å²) in [6.45, 7) is 3.93. The SMILES string of the molecule is Cc1ccn(-c2c(Br)c(C)nn2C)n1. The van der Waals surface area contributed by atoms with Gasteiger partial charge in [-0.2, -0.15) is 10.2 Å². The number of rotatable bonds is 1. The van der Waals surface area contributed by atoms with E-state index in [0.29, 0.717) is 0 Å². The van der Waals surface area contributed by atoms with E-state index < -0.39 is 0 Å². The van der Waals surface area contributed by atoms with E-state index in [4.69, 9.17) is 0 Å². The van der Waals surface area contributed by atoms with Crippen molar-refractivity contribution in [1.82, 2.24) is 19.6 Å². The van der Waals surface area contributed by atoms with Crippen LogP contribution in [-0.2, 0) is 7.05 Å². The van der Waals surface area contributed by atoms with Gasteiger partial charge in [0.25, 0.3) is 0 Å². The van der Waals surface area contributed by atoms with Gasteiger partial charge in [0.15, 0.2) is 5.82 Å². The van der Waals surface area contributed by atoms with Gasteiger partial charge in [-0.1, -0.05) is 0 Å². The van der Waals surface area contributed by atoms with Crippen LogP contribution in [0.5, 0.6) is 0 Å². The van der Waals surface area contributed by atoms with E-state index in [2.05, 4.69) is 26.1 Å². The molecular weight excluding hydrogens is 244 g/mol. The minimum atomic E-state index is 0.954. The van der Waals surface area contributed by atoms with E-state index in [1.54, 1.807) is 0 Å². The Morgan fingerprint density at radius 3 is 2.43 bits per heavy atom. The van der Waals surface area contributed by atoms with Crippen molar-refractivity contribution in [2.45, 2.75) is 13.8 Å². The molecule has 0 saturated carbocycles. The quantitative estimate of drug-likeness (QED) is 0.781. The first kappa shape index (κ1) is 9.45. The third-order valence-electron chi connectivity index (χ3n) is 2.06. The Bertz CT molecular complexity index is 469. The van der Waals surface area contributed by atoms with E-state index in [1.807, 2.05) is 42.5 Å². The van der Waals surface area contributed by atoms with E-state index in [-0.39, 0.29) is 0 Å². The summed E-state index contributed by atoms with van der Waals surface area (Å²) in [4.78, 5) is 0. The predicted molar refractivity (Wildman–Crippen MR) is 57.5 cm³/mol. The maximum absolute atomic E-state index is 4.34. The Labute approximate surface area is 90.7 Å². The highest BCUT2D eigenvalue weighted by Gasteiger charge is 2.12. The molecule has 74 valence electrons. The monoisotopic (exact) mass is 254 g/mol. The minimum Gasteiger partial charge on any atom is -0.250 e. The number of aromatic nitrogens is 4. The van der Waals surface area contributed by atoms with Crippen LogP contribution in [0.2, 0.25) is 0 Å². The number of aryl methyl sites for hydroxylation is 3. The average molecular weight is 255 g/mol. The van der Waals surface area contributed by atoms with E-state index in [0.717, 1.165) is 21.7 Å². The lowest BCUT2D eigenvalue weighted by atomic mass is 10.5. The zero-order valence-corrected chi connectivity index (χ0v) is 9.91. The molecule has 0 saturated heterocycles. The molecule has 2 aromatic heterocycles. The first-order chi connectivity index (χ1) is 6.59. The fourth-order valence-electron chi connectivity index (χ4n) is 1.40. The molecule has 0 fully saturated rings. The van der Waals surface area contributed by atoms with Gasteiger partial charge >= 0.3 is 0 Å². The Kier molecular flexibility index (Phi) is 2.19. The third-order valence-corrected chi connectivity index (χ3v) is 2.99. The van der Waals surface area contributed by atoms with Crippen molar-refractivity contribution < 1.29 is 0 Å². The van der Waals surface area contributed by atoms with Gasteiger partial charge in [-0.3, -0.25) is 0 Å². The summed E-state index contributed by atoms with van der Waals surface area (Å²) in [6.07, 6.45) is 1.93. The molecule has 2 aromatic rings. The van der Waals surface area contributed by atoms with Crippen LogP contribution in [0, 0.1) is 13.8 Å². The highest BCUT2D eigenvalue weighted by molar-refractivity contribution is 9.10. The lowest BCUT2D eigenvalue weighted by Crippen LogP contribution is -2.03. The first-order valence-corrected chi connectivity index (χ1v) is 5.10. The molecule has 0 radical (unpaired) electrons. The Morgan fingerprint density at radius 1 is 1.29 bits per heavy atom. The zero-order valence-electron chi connectivity index (χ0n) is 8.32. The van der Waals surface area contributed by atoms with Gasteiger partial charge in [-0.25, -0.2) is 9.36 Å². The Balaban J connectivity index is 2.61. The van der Waals surface area contributed by atoms with Gasteiger partial charge < -0.3 is 0 Å². The first-order valence-electron chi connectivity index (χ1n) is 4.31. The van der Waals surface area contributed by atoms with Crippen LogP contribution in [0.3, 0.4) is 0 Å². The van der Waals surface area contributed by atoms with Crippen molar-refractivity contribution in [3.8, 4) is 5.82 Å². The molecule has 0 amide bonds. The van der Waals surface area contributed by atoms with Crippen molar-refractivity contribution in [2.24, 2.45) is 7.05 Å². The molecule has 14 heavy (non-hydrogen) atoms. The van der Waals surface area contributed by atoms with E-state index >= 15 is 0 Å². The van der Waals surface area contributed by atoms with Crippen molar-refractivity contribution in [3.05, 3.63) is 28.1 Å². The van der Waals surface area contributed by atoms with Crippen molar-refractivity contribution in [3.63, 3.8) is 0 Å². The standard InChI is InChI=1S/C9H11BrN4/c1-6-4-5-14(11-6)9-8(10)7(2)12-13(9)3/h4-5H,1-3H3. The average Bonchev–Trinajstić information content (AvgIpc) is 2.60. The normalized spacial score (nSPS) is 10.9. The smallest absolute Gasteiger partial charge is 0.166 e. The van der Waals surface area contributed by atoms with Crippen LogP contribution >= 0.6 is 15.9 Å². The van der Waals surface area contributed by atoms with Gasteiger partial charge in [0, 0.05) is 13.2 Å². The third kappa shape index (κ3) is 1.37. The number of nitrogens with zero attached hydrogens (tertiary/aromatic N) is 4. The predicted octanol–water partition coefficient (Wildman–Crippen LogP) is 1.99. The molecule has 2 heterocycles. The lowest BCUT2D eigenvalue weighted by molar-refractivity contribution is 0.690. The number of hydrogen-bond acceptors (Lipinski definition) is 2. The van der Waals surface area contributed by atoms with Crippen molar-refractivity contribution >= 4 is 15.9 Å². The van der Waals surface area contributed by atoms with Gasteiger partial charge in [0.2, 0.25) is 0 Å². The summed E-state index contributed by atoms with van der Waals surface area (Å²) in [7, 11) is 1.91. The van der Waals surface area contributed by atoms with Crippen molar-refractivity contribution in [2.75, 3.05) is 0 Å².